The van der Waals surface area contributed by atoms with Crippen molar-refractivity contribution in [1.82, 2.24) is 35.7 Å². The first-order chi connectivity index (χ1) is 11.3. The highest BCUT2D eigenvalue weighted by Gasteiger charge is 2.40. The molecule has 9 nitrogen and oxygen atoms in total. The fourth-order valence-electron chi connectivity index (χ4n) is 2.91. The van der Waals surface area contributed by atoms with E-state index >= 15 is 0 Å². The zero-order valence-electron chi connectivity index (χ0n) is 12.6. The number of aromatic amines is 1. The first-order valence-electron chi connectivity index (χ1n) is 7.40. The summed E-state index contributed by atoms with van der Waals surface area (Å²) in [5.41, 5.74) is 0.929. The number of rotatable bonds is 4. The maximum atomic E-state index is 5.67. The monoisotopic (exact) mass is 313 g/mol. The fraction of sp³-hybridized carbons (Fsp3) is 0.429. The predicted octanol–water partition coefficient (Wildman–Crippen LogP) is 1.73. The second-order valence-corrected chi connectivity index (χ2v) is 5.50. The van der Waals surface area contributed by atoms with E-state index in [1.807, 2.05) is 6.07 Å². The lowest BCUT2D eigenvalue weighted by Gasteiger charge is -2.22. The lowest BCUT2D eigenvalue weighted by Crippen LogP contribution is -2.25. The van der Waals surface area contributed by atoms with Crippen LogP contribution in [0.25, 0.3) is 23.0 Å². The van der Waals surface area contributed by atoms with Crippen LogP contribution in [0.2, 0.25) is 0 Å². The minimum absolute atomic E-state index is 0.378. The number of nitrogens with zero attached hydrogens (tertiary/aromatic N) is 6. The van der Waals surface area contributed by atoms with E-state index in [4.69, 9.17) is 9.26 Å². The Bertz CT molecular complexity index is 776. The maximum Gasteiger partial charge on any atom is 0.276 e. The number of tetrazole rings is 1. The van der Waals surface area contributed by atoms with Crippen molar-refractivity contribution < 1.29 is 9.26 Å². The Kier molecular flexibility index (Phi) is 3.34. The summed E-state index contributed by atoms with van der Waals surface area (Å²) in [6.07, 6.45) is 5.68. The van der Waals surface area contributed by atoms with Crippen molar-refractivity contribution in [1.29, 1.82) is 0 Å². The maximum absolute atomic E-state index is 5.67. The van der Waals surface area contributed by atoms with Crippen LogP contribution in [0.15, 0.2) is 22.9 Å². The van der Waals surface area contributed by atoms with Crippen LogP contribution >= 0.6 is 0 Å². The van der Waals surface area contributed by atoms with Gasteiger partial charge in [0.25, 0.3) is 5.89 Å². The fourth-order valence-corrected chi connectivity index (χ4v) is 2.91. The quantitative estimate of drug-likeness (QED) is 0.774. The third-order valence-corrected chi connectivity index (χ3v) is 4.22. The van der Waals surface area contributed by atoms with Gasteiger partial charge >= 0.3 is 0 Å². The third kappa shape index (κ3) is 2.38. The van der Waals surface area contributed by atoms with Gasteiger partial charge in [0.05, 0.1) is 0 Å². The van der Waals surface area contributed by atoms with Crippen LogP contribution < -0.4 is 0 Å². The summed E-state index contributed by atoms with van der Waals surface area (Å²) in [7, 11) is 1.69. The number of methoxy groups -OCH3 is 1. The van der Waals surface area contributed by atoms with E-state index < -0.39 is 5.60 Å². The lowest BCUT2D eigenvalue weighted by molar-refractivity contribution is -0.0178. The Balaban J connectivity index is 1.62. The van der Waals surface area contributed by atoms with Gasteiger partial charge in [-0.05, 0) is 43.0 Å². The highest BCUT2D eigenvalue weighted by molar-refractivity contribution is 5.57. The van der Waals surface area contributed by atoms with E-state index in [1.54, 1.807) is 19.4 Å². The SMILES string of the molecule is COC1(c2noc(-c3ccc(-c4nn[nH]n4)cn3)n2)CCCC1. The Labute approximate surface area is 131 Å². The Morgan fingerprint density at radius 1 is 1.26 bits per heavy atom. The van der Waals surface area contributed by atoms with Crippen molar-refractivity contribution in [3.63, 3.8) is 0 Å². The van der Waals surface area contributed by atoms with Gasteiger partial charge in [-0.15, -0.1) is 10.2 Å². The number of pyridine rings is 1. The number of H-pyrrole nitrogens is 1. The summed E-state index contributed by atoms with van der Waals surface area (Å²) in [6, 6.07) is 3.62. The average Bonchev–Trinajstić information content (AvgIpc) is 3.35. The highest BCUT2D eigenvalue weighted by atomic mass is 16.5. The van der Waals surface area contributed by atoms with Crippen molar-refractivity contribution in [3.05, 3.63) is 24.2 Å². The van der Waals surface area contributed by atoms with Crippen molar-refractivity contribution in [2.45, 2.75) is 31.3 Å². The number of hydrogen-bond acceptors (Lipinski definition) is 8. The van der Waals surface area contributed by atoms with Gasteiger partial charge in [0.2, 0.25) is 11.6 Å². The zero-order chi connectivity index (χ0) is 15.7. The molecule has 0 radical (unpaired) electrons. The molecule has 1 saturated carbocycles. The first-order valence-corrected chi connectivity index (χ1v) is 7.40. The van der Waals surface area contributed by atoms with Gasteiger partial charge in [-0.1, -0.05) is 5.16 Å². The van der Waals surface area contributed by atoms with Gasteiger partial charge in [-0.25, -0.2) is 0 Å². The molecular weight excluding hydrogens is 298 g/mol. The van der Waals surface area contributed by atoms with Gasteiger partial charge in [0, 0.05) is 18.9 Å². The first kappa shape index (κ1) is 13.9. The molecule has 23 heavy (non-hydrogen) atoms. The van der Waals surface area contributed by atoms with Crippen molar-refractivity contribution in [2.75, 3.05) is 7.11 Å². The Morgan fingerprint density at radius 2 is 2.13 bits per heavy atom. The topological polar surface area (TPSA) is 116 Å². The molecule has 0 unspecified atom stereocenters. The molecule has 1 fully saturated rings. The summed E-state index contributed by atoms with van der Waals surface area (Å²) >= 11 is 0. The molecule has 1 N–H and O–H groups in total. The molecule has 0 amide bonds. The summed E-state index contributed by atoms with van der Waals surface area (Å²) in [5, 5.41) is 17.9. The number of ether oxygens (including phenoxy) is 1. The summed E-state index contributed by atoms with van der Waals surface area (Å²) in [5.74, 6) is 1.46. The largest absolute Gasteiger partial charge is 0.370 e. The molecule has 0 aromatic carbocycles. The van der Waals surface area contributed by atoms with Crippen LogP contribution in [0.1, 0.15) is 31.5 Å². The van der Waals surface area contributed by atoms with Gasteiger partial charge < -0.3 is 9.26 Å². The van der Waals surface area contributed by atoms with Gasteiger partial charge in [-0.3, -0.25) is 4.98 Å². The molecule has 9 heteroatoms. The molecule has 3 aromatic heterocycles. The second-order valence-electron chi connectivity index (χ2n) is 5.50. The van der Waals surface area contributed by atoms with E-state index in [1.165, 1.54) is 0 Å². The van der Waals surface area contributed by atoms with Crippen LogP contribution in [0.4, 0.5) is 0 Å². The van der Waals surface area contributed by atoms with Crippen LogP contribution in [0.3, 0.4) is 0 Å². The molecular formula is C14H15N7O2. The van der Waals surface area contributed by atoms with Crippen LogP contribution in [0.5, 0.6) is 0 Å². The van der Waals surface area contributed by atoms with Crippen molar-refractivity contribution in [3.8, 4) is 23.0 Å². The molecule has 4 rings (SSSR count). The average molecular weight is 313 g/mol. The molecule has 0 bridgehead atoms. The molecule has 0 spiro atoms. The predicted molar refractivity (Wildman–Crippen MR) is 77.9 cm³/mol. The molecule has 0 atom stereocenters. The normalized spacial score (nSPS) is 16.7. The summed E-state index contributed by atoms with van der Waals surface area (Å²) < 4.78 is 11.0. The van der Waals surface area contributed by atoms with Gasteiger partial charge in [0.15, 0.2) is 0 Å². The number of hydrogen-bond donors (Lipinski definition) is 1. The van der Waals surface area contributed by atoms with Crippen molar-refractivity contribution in [2.24, 2.45) is 0 Å². The van der Waals surface area contributed by atoms with Gasteiger partial charge in [-0.2, -0.15) is 10.2 Å². The Hall–Kier alpha value is -2.68. The van der Waals surface area contributed by atoms with E-state index in [9.17, 15) is 0 Å². The molecule has 118 valence electrons. The number of aromatic nitrogens is 7. The second kappa shape index (κ2) is 5.51. The zero-order valence-corrected chi connectivity index (χ0v) is 12.6. The van der Waals surface area contributed by atoms with E-state index in [-0.39, 0.29) is 0 Å². The molecule has 0 aliphatic heterocycles. The molecule has 3 heterocycles. The number of nitrogens with one attached hydrogen (secondary N) is 1. The molecule has 3 aromatic rings. The smallest absolute Gasteiger partial charge is 0.276 e. The van der Waals surface area contributed by atoms with Crippen molar-refractivity contribution >= 4 is 0 Å². The van der Waals surface area contributed by atoms with E-state index in [0.29, 0.717) is 23.2 Å². The molecule has 0 saturated heterocycles. The van der Waals surface area contributed by atoms with E-state index in [2.05, 4.69) is 35.7 Å². The lowest BCUT2D eigenvalue weighted by atomic mass is 10.0. The minimum Gasteiger partial charge on any atom is -0.370 e. The van der Waals surface area contributed by atoms with Crippen LogP contribution in [0, 0.1) is 0 Å². The van der Waals surface area contributed by atoms with E-state index in [0.717, 1.165) is 31.2 Å². The minimum atomic E-state index is -0.424. The summed E-state index contributed by atoms with van der Waals surface area (Å²) in [4.78, 5) is 8.82. The van der Waals surface area contributed by atoms with Crippen LogP contribution in [-0.4, -0.2) is 42.9 Å². The van der Waals surface area contributed by atoms with Crippen LogP contribution in [-0.2, 0) is 10.3 Å². The highest BCUT2D eigenvalue weighted by Crippen LogP contribution is 2.40. The Morgan fingerprint density at radius 3 is 2.78 bits per heavy atom. The third-order valence-electron chi connectivity index (χ3n) is 4.22. The van der Waals surface area contributed by atoms with Gasteiger partial charge in [0.1, 0.15) is 11.3 Å². The molecule has 1 aliphatic rings. The standard InChI is InChI=1S/C14H15N7O2/c1-22-14(6-2-3-7-14)13-16-12(23-19-13)10-5-4-9(8-15-10)11-17-20-21-18-11/h4-5,8H,2-3,6-7H2,1H3,(H,17,18,20,21). The summed E-state index contributed by atoms with van der Waals surface area (Å²) in [6.45, 7) is 0. The molecule has 1 aliphatic carbocycles.